The highest BCUT2D eigenvalue weighted by molar-refractivity contribution is 5.85. The van der Waals surface area contributed by atoms with Gasteiger partial charge in [0.15, 0.2) is 17.5 Å². The second-order valence-corrected chi connectivity index (χ2v) is 25.5. The fourth-order valence-corrected chi connectivity index (χ4v) is 12.9. The van der Waals surface area contributed by atoms with Crippen molar-refractivity contribution in [1.82, 2.24) is 54.8 Å². The van der Waals surface area contributed by atoms with Gasteiger partial charge in [-0.05, 0) is 177 Å². The molecule has 0 radical (unpaired) electrons. The normalized spacial score (nSPS) is 10.8. The number of hydrogen-bond acceptors (Lipinski definition) is 11. The van der Waals surface area contributed by atoms with E-state index < -0.39 is 0 Å². The largest absolute Gasteiger partial charge is 0.265 e. The van der Waals surface area contributed by atoms with Gasteiger partial charge in [-0.25, -0.2) is 29.9 Å². The Morgan fingerprint density at radius 2 is 0.370 bits per heavy atom. The highest BCUT2D eigenvalue weighted by Gasteiger charge is 2.19. The van der Waals surface area contributed by atoms with Crippen LogP contribution in [0.4, 0.5) is 0 Å². The van der Waals surface area contributed by atoms with E-state index in [2.05, 4.69) is 201 Å². The molecule has 18 aromatic rings. The van der Waals surface area contributed by atoms with Crippen LogP contribution in [0.3, 0.4) is 0 Å². The Bertz CT molecular complexity index is 4670. The van der Waals surface area contributed by atoms with Crippen LogP contribution in [0.15, 0.2) is 408 Å². The molecule has 0 spiro atoms. The summed E-state index contributed by atoms with van der Waals surface area (Å²) in [5.41, 5.74) is 27.3. The smallest absolute Gasteiger partial charge is 0.160 e. The molecule has 510 valence electrons. The van der Waals surface area contributed by atoms with Crippen LogP contribution < -0.4 is 0 Å². The molecular formula is C97H67N11. The van der Waals surface area contributed by atoms with Crippen molar-refractivity contribution in [2.24, 2.45) is 0 Å². The third-order valence-corrected chi connectivity index (χ3v) is 18.3. The SMILES string of the molecule is c1ccc(-c2cc(-c3ccccc3)nc(-c3cc(-c4ccncc4)cc(-c4ccccn4)c3)n2)cc1.c1ccc(-c2cc(-c3ccccc3)nc(-c3cc(-c4ccncc4)cc(-c4cccnc4)c3)n2)cc1.c1ccc(-c2cc(-c3ccncc3)cc(-c3nc(-c4ccccc4)cc(-c4ccccc4)n3)c2)cc1. The molecule has 0 bridgehead atoms. The van der Waals surface area contributed by atoms with Gasteiger partial charge >= 0.3 is 0 Å². The van der Waals surface area contributed by atoms with Crippen LogP contribution in [0.5, 0.6) is 0 Å². The molecule has 0 atom stereocenters. The van der Waals surface area contributed by atoms with E-state index in [-0.39, 0.29) is 0 Å². The summed E-state index contributed by atoms with van der Waals surface area (Å²) in [6, 6.07) is 120. The molecule has 11 nitrogen and oxygen atoms in total. The minimum atomic E-state index is 0.670. The Kier molecular flexibility index (Phi) is 20.5. The van der Waals surface area contributed by atoms with Crippen molar-refractivity contribution < 1.29 is 0 Å². The van der Waals surface area contributed by atoms with Gasteiger partial charge in [0.25, 0.3) is 0 Å². The minimum absolute atomic E-state index is 0.670. The maximum Gasteiger partial charge on any atom is 0.160 e. The van der Waals surface area contributed by atoms with Crippen molar-refractivity contribution in [3.05, 3.63) is 408 Å². The first-order valence-corrected chi connectivity index (χ1v) is 35.5. The van der Waals surface area contributed by atoms with Crippen molar-refractivity contribution in [2.75, 3.05) is 0 Å². The summed E-state index contributed by atoms with van der Waals surface area (Å²) in [6.45, 7) is 0. The number of hydrogen-bond donors (Lipinski definition) is 0. The van der Waals surface area contributed by atoms with Gasteiger partial charge in [-0.1, -0.05) is 224 Å². The molecule has 8 heterocycles. The van der Waals surface area contributed by atoms with Gasteiger partial charge in [0.05, 0.1) is 39.9 Å². The quantitative estimate of drug-likeness (QED) is 0.0968. The Balaban J connectivity index is 0.000000124. The molecule has 0 fully saturated rings. The van der Waals surface area contributed by atoms with Gasteiger partial charge < -0.3 is 0 Å². The molecular weight excluding hydrogens is 1320 g/mol. The first-order valence-electron chi connectivity index (χ1n) is 35.5. The van der Waals surface area contributed by atoms with E-state index in [1.165, 1.54) is 0 Å². The van der Waals surface area contributed by atoms with Crippen molar-refractivity contribution >= 4 is 0 Å². The summed E-state index contributed by atoms with van der Waals surface area (Å²) in [7, 11) is 0. The molecule has 18 rings (SSSR count). The predicted octanol–water partition coefficient (Wildman–Crippen LogP) is 23.4. The molecule has 0 saturated heterocycles. The molecule has 10 aromatic carbocycles. The average Bonchev–Trinajstić information content (AvgIpc) is 0.795. The molecule has 0 unspecified atom stereocenters. The fourth-order valence-electron chi connectivity index (χ4n) is 12.9. The minimum Gasteiger partial charge on any atom is -0.265 e. The van der Waals surface area contributed by atoms with E-state index >= 15 is 0 Å². The van der Waals surface area contributed by atoms with Crippen LogP contribution in [0.1, 0.15) is 0 Å². The first kappa shape index (κ1) is 67.7. The van der Waals surface area contributed by atoms with Crippen molar-refractivity contribution in [3.8, 4) is 169 Å². The molecule has 0 amide bonds. The van der Waals surface area contributed by atoms with E-state index in [1.54, 1.807) is 6.20 Å². The van der Waals surface area contributed by atoms with E-state index in [0.29, 0.717) is 17.5 Å². The molecule has 11 heteroatoms. The Morgan fingerprint density at radius 1 is 0.130 bits per heavy atom. The lowest BCUT2D eigenvalue weighted by atomic mass is 9.96. The number of benzene rings is 10. The third kappa shape index (κ3) is 16.3. The highest BCUT2D eigenvalue weighted by Crippen LogP contribution is 2.38. The molecule has 0 saturated carbocycles. The Hall–Kier alpha value is -14.8. The van der Waals surface area contributed by atoms with Gasteiger partial charge in [-0.15, -0.1) is 0 Å². The van der Waals surface area contributed by atoms with Crippen LogP contribution in [0.25, 0.3) is 169 Å². The van der Waals surface area contributed by atoms with Crippen molar-refractivity contribution in [1.29, 1.82) is 0 Å². The zero-order chi connectivity index (χ0) is 72.5. The molecule has 8 aromatic heterocycles. The van der Waals surface area contributed by atoms with Crippen LogP contribution in [0.2, 0.25) is 0 Å². The highest BCUT2D eigenvalue weighted by atomic mass is 14.9. The Labute approximate surface area is 627 Å². The monoisotopic (exact) mass is 1390 g/mol. The molecule has 0 aliphatic carbocycles. The van der Waals surface area contributed by atoms with Crippen LogP contribution in [-0.4, -0.2) is 54.8 Å². The predicted molar refractivity (Wildman–Crippen MR) is 437 cm³/mol. The van der Waals surface area contributed by atoms with Crippen molar-refractivity contribution in [3.63, 3.8) is 0 Å². The standard InChI is InChI=1S/C33H23N3.2C32H22N4/c1-4-10-24(11-5-1)28-20-29(25-16-18-34-19-17-25)22-30(21-28)33-35-31(26-12-6-2-7-13-26)23-32(36-33)27-14-8-3-9-15-27;1-3-9-24(10-4-1)30-22-31(25-11-5-2-6-12-25)36-32(35-30)28-20-26(23-14-17-33-18-15-23)19-27(21-28)29-13-7-8-16-34-29;1-3-8-24(9-4-1)30-21-31(25-10-5-2-6-11-25)36-32(35-30)29-19-27(23-13-16-33-17-14-23)18-28(20-29)26-12-7-15-34-22-26/h1-23H;2*1-22H. The molecule has 0 aliphatic rings. The van der Waals surface area contributed by atoms with Crippen LogP contribution in [0, 0.1) is 0 Å². The summed E-state index contributed by atoms with van der Waals surface area (Å²) < 4.78 is 0. The maximum absolute atomic E-state index is 5.05. The van der Waals surface area contributed by atoms with Crippen molar-refractivity contribution in [2.45, 2.75) is 0 Å². The van der Waals surface area contributed by atoms with Gasteiger partial charge in [-0.2, -0.15) is 0 Å². The summed E-state index contributed by atoms with van der Waals surface area (Å²) in [6.07, 6.45) is 16.4. The lowest BCUT2D eigenvalue weighted by molar-refractivity contribution is 1.18. The van der Waals surface area contributed by atoms with E-state index in [9.17, 15) is 0 Å². The summed E-state index contributed by atoms with van der Waals surface area (Å²) in [5, 5.41) is 0. The number of nitrogens with zero attached hydrogens (tertiary/aromatic N) is 11. The maximum atomic E-state index is 5.05. The van der Waals surface area contributed by atoms with E-state index in [4.69, 9.17) is 29.9 Å². The van der Waals surface area contributed by atoms with Crippen LogP contribution >= 0.6 is 0 Å². The number of rotatable bonds is 15. The van der Waals surface area contributed by atoms with Gasteiger partial charge in [0.1, 0.15) is 0 Å². The molecule has 108 heavy (non-hydrogen) atoms. The van der Waals surface area contributed by atoms with E-state index in [1.807, 2.05) is 225 Å². The molecule has 0 aliphatic heterocycles. The first-order chi connectivity index (χ1) is 53.5. The van der Waals surface area contributed by atoms with Gasteiger partial charge in [0, 0.05) is 117 Å². The average molecular weight is 1390 g/mol. The lowest BCUT2D eigenvalue weighted by Gasteiger charge is -2.13. The van der Waals surface area contributed by atoms with Gasteiger partial charge in [0.2, 0.25) is 0 Å². The summed E-state index contributed by atoms with van der Waals surface area (Å²) in [5.74, 6) is 2.04. The van der Waals surface area contributed by atoms with Gasteiger partial charge in [-0.3, -0.25) is 24.9 Å². The number of pyridine rings is 5. The second kappa shape index (κ2) is 32.7. The fraction of sp³-hybridized carbons (Fsp3) is 0. The summed E-state index contributed by atoms with van der Waals surface area (Å²) >= 11 is 0. The lowest BCUT2D eigenvalue weighted by Crippen LogP contribution is -1.97. The Morgan fingerprint density at radius 3 is 0.648 bits per heavy atom. The third-order valence-electron chi connectivity index (χ3n) is 18.3. The second-order valence-electron chi connectivity index (χ2n) is 25.5. The molecule has 0 N–H and O–H groups in total. The zero-order valence-corrected chi connectivity index (χ0v) is 58.6. The number of aromatic nitrogens is 11. The topological polar surface area (TPSA) is 142 Å². The van der Waals surface area contributed by atoms with E-state index in [0.717, 1.165) is 151 Å². The summed E-state index contributed by atoms with van der Waals surface area (Å²) in [4.78, 5) is 51.7. The zero-order valence-electron chi connectivity index (χ0n) is 58.6. The van der Waals surface area contributed by atoms with Crippen LogP contribution in [-0.2, 0) is 0 Å².